The molecule has 12 aromatic rings. The van der Waals surface area contributed by atoms with Gasteiger partial charge in [0.25, 0.3) is 0 Å². The Morgan fingerprint density at radius 2 is 0.532 bits per heavy atom. The van der Waals surface area contributed by atoms with Crippen LogP contribution in [0, 0.1) is 0 Å². The zero-order valence-corrected chi connectivity index (χ0v) is 44.5. The molecule has 0 N–H and O–H groups in total. The first-order valence-electron chi connectivity index (χ1n) is 27.2. The van der Waals surface area contributed by atoms with E-state index in [1.165, 1.54) is 87.4 Å². The first-order chi connectivity index (χ1) is 39.3. The summed E-state index contributed by atoms with van der Waals surface area (Å²) in [5, 5.41) is 0. The molecule has 11 aromatic carbocycles. The van der Waals surface area contributed by atoms with E-state index < -0.39 is 0 Å². The minimum absolute atomic E-state index is 0.00511. The van der Waals surface area contributed by atoms with Gasteiger partial charge >= 0.3 is 469 Å². The average molecular weight is 1070 g/mol. The molecule has 0 radical (unpaired) electrons. The monoisotopic (exact) mass is 1070 g/mol. The number of anilines is 18. The summed E-state index contributed by atoms with van der Waals surface area (Å²) in [7, 11) is 0. The molecule has 0 amide bonds. The number of fused-ring (bicyclic) bond motifs is 11. The van der Waals surface area contributed by atoms with E-state index in [9.17, 15) is 0 Å². The van der Waals surface area contributed by atoms with E-state index in [4.69, 9.17) is 0 Å². The molecule has 1 aromatic heterocycles. The van der Waals surface area contributed by atoms with Gasteiger partial charge in [0.15, 0.2) is 0 Å². The fourth-order valence-electron chi connectivity index (χ4n) is 13.6. The van der Waals surface area contributed by atoms with Gasteiger partial charge in [-0.1, -0.05) is 0 Å². The Bertz CT molecular complexity index is 4010. The van der Waals surface area contributed by atoms with Crippen molar-refractivity contribution in [2.24, 2.45) is 0 Å². The topological polar surface area (TPSA) is 19.4 Å². The number of nitrogens with zero attached hydrogens (tertiary/aromatic N) is 6. The Morgan fingerprint density at radius 3 is 0.873 bits per heavy atom. The summed E-state index contributed by atoms with van der Waals surface area (Å²) in [5.41, 5.74) is 26.5. The van der Waals surface area contributed by atoms with E-state index >= 15 is 0 Å². The summed E-state index contributed by atoms with van der Waals surface area (Å²) in [4.78, 5) is 15.3. The van der Waals surface area contributed by atoms with Crippen LogP contribution in [0.15, 0.2) is 279 Å². The predicted molar refractivity (Wildman–Crippen MR) is 334 cm³/mol. The van der Waals surface area contributed by atoms with Crippen molar-refractivity contribution in [2.45, 2.75) is 0 Å². The average Bonchev–Trinajstić information content (AvgIpc) is 4.18. The van der Waals surface area contributed by atoms with Crippen molar-refractivity contribution in [1.82, 2.24) is 0 Å². The van der Waals surface area contributed by atoms with Gasteiger partial charge in [0, 0.05) is 0 Å². The molecule has 17 rings (SSSR count). The minimum atomic E-state index is -0.0793. The molecule has 368 valence electrons. The number of rotatable bonds is 8. The van der Waals surface area contributed by atoms with Crippen LogP contribution in [0.25, 0.3) is 0 Å². The van der Waals surface area contributed by atoms with E-state index in [1.807, 2.05) is 0 Å². The molecule has 79 heavy (non-hydrogen) atoms. The fraction of sp³-hybridized carbons (Fsp3) is 0. The number of hydrogen-bond acceptors (Lipinski definition) is 6. The van der Waals surface area contributed by atoms with Crippen molar-refractivity contribution in [1.29, 1.82) is 0 Å². The quantitative estimate of drug-likeness (QED) is 0.140. The van der Waals surface area contributed by atoms with Crippen LogP contribution < -0.4 is 59.9 Å². The van der Waals surface area contributed by atoms with Crippen LogP contribution in [-0.4, -0.2) is 27.9 Å². The summed E-state index contributed by atoms with van der Waals surface area (Å²) in [6.45, 7) is 0.0102. The third-order valence-corrected chi connectivity index (χ3v) is 19.3. The Morgan fingerprint density at radius 1 is 0.253 bits per heavy atom. The van der Waals surface area contributed by atoms with Crippen LogP contribution in [0.1, 0.15) is 0 Å². The standard InChI is InChI=1S/C70H46B2N6Se/c1-7-25-47(26-8-1)73(48-27-9-2-10-28-48)53-43-61-65-63(45-53)77-59-41-23-24-42-60(59)78-64-46-54(74(49-29-11-3-12-30-49)50-31-13-4-14-32-50)44-62-66(64)72(56-38-20-22-40-58(56)76(62)52-35-17-6-18-36-52)70-68(78)67(77)69(79-70)71(65)55-37-19-21-39-57(55)75(61)51-33-15-5-16-34-51/h1-46H. The van der Waals surface area contributed by atoms with Crippen molar-refractivity contribution in [3.05, 3.63) is 279 Å². The van der Waals surface area contributed by atoms with Crippen molar-refractivity contribution in [3.8, 4) is 0 Å². The van der Waals surface area contributed by atoms with E-state index in [2.05, 4.69) is 308 Å². The summed E-state index contributed by atoms with van der Waals surface area (Å²) in [5.74, 6) is 0. The van der Waals surface area contributed by atoms with Crippen molar-refractivity contribution in [2.75, 3.05) is 29.4 Å². The molecular formula is C70H46B2N6Se. The third kappa shape index (κ3) is 6.49. The molecule has 0 saturated heterocycles. The zero-order chi connectivity index (χ0) is 51.7. The normalized spacial score (nSPS) is 13.4. The number of hydrogen-bond donors (Lipinski definition) is 0. The van der Waals surface area contributed by atoms with Gasteiger partial charge in [-0.3, -0.25) is 0 Å². The number of benzene rings is 11. The maximum atomic E-state index is 2.69. The van der Waals surface area contributed by atoms with Crippen LogP contribution in [0.5, 0.6) is 0 Å². The van der Waals surface area contributed by atoms with E-state index in [0.717, 1.165) is 45.5 Å². The molecular weight excluding hydrogens is 1030 g/mol. The second-order valence-corrected chi connectivity index (χ2v) is 23.1. The predicted octanol–water partition coefficient (Wildman–Crippen LogP) is 14.2. The van der Waals surface area contributed by atoms with Crippen LogP contribution in [0.2, 0.25) is 0 Å². The SMILES string of the molecule is c1ccc(N(c2ccccc2)c2cc3c4c(c2)N2c5ccccc5N5c6cc(N(c7ccccc7)c7ccccc7)cc7c6B(c6ccccc6N7c6ccccc6)c6[se]c(c2c65)B4c2ccccc2N3c2ccccc2)cc1. The molecule has 6 nitrogen and oxygen atoms in total. The summed E-state index contributed by atoms with van der Waals surface area (Å²) in [6.07, 6.45) is 0. The molecule has 0 saturated carbocycles. The van der Waals surface area contributed by atoms with Gasteiger partial charge in [-0.15, -0.1) is 0 Å². The van der Waals surface area contributed by atoms with Gasteiger partial charge in [0.05, 0.1) is 0 Å². The second kappa shape index (κ2) is 17.4. The molecule has 6 heterocycles. The van der Waals surface area contributed by atoms with Gasteiger partial charge in [-0.2, -0.15) is 0 Å². The Hall–Kier alpha value is -9.65. The summed E-state index contributed by atoms with van der Waals surface area (Å²) >= 11 is -0.0793. The van der Waals surface area contributed by atoms with Crippen LogP contribution >= 0.6 is 0 Å². The molecule has 0 bridgehead atoms. The van der Waals surface area contributed by atoms with Gasteiger partial charge in [-0.25, -0.2) is 0 Å². The van der Waals surface area contributed by atoms with Crippen LogP contribution in [0.4, 0.5) is 102 Å². The number of para-hydroxylation sites is 10. The molecule has 5 aliphatic rings. The molecule has 0 atom stereocenters. The van der Waals surface area contributed by atoms with Crippen molar-refractivity contribution >= 4 is 161 Å². The van der Waals surface area contributed by atoms with E-state index in [-0.39, 0.29) is 27.9 Å². The molecule has 0 unspecified atom stereocenters. The molecule has 0 fully saturated rings. The molecule has 9 heteroatoms. The molecule has 5 aliphatic heterocycles. The van der Waals surface area contributed by atoms with Crippen molar-refractivity contribution in [3.63, 3.8) is 0 Å². The van der Waals surface area contributed by atoms with Crippen molar-refractivity contribution < 1.29 is 0 Å². The summed E-state index contributed by atoms with van der Waals surface area (Å²) < 4.78 is 3.02. The van der Waals surface area contributed by atoms with Gasteiger partial charge in [0.2, 0.25) is 0 Å². The van der Waals surface area contributed by atoms with Crippen LogP contribution in [-0.2, 0) is 0 Å². The Balaban J connectivity index is 0.993. The Kier molecular flexibility index (Phi) is 9.82. The van der Waals surface area contributed by atoms with Crippen LogP contribution in [0.3, 0.4) is 0 Å². The first-order valence-corrected chi connectivity index (χ1v) is 28.9. The van der Waals surface area contributed by atoms with E-state index in [1.54, 1.807) is 0 Å². The Labute approximate surface area is 466 Å². The van der Waals surface area contributed by atoms with E-state index in [0.29, 0.717) is 0 Å². The van der Waals surface area contributed by atoms with Gasteiger partial charge in [0.1, 0.15) is 0 Å². The molecule has 0 spiro atoms. The third-order valence-electron chi connectivity index (χ3n) is 16.6. The summed E-state index contributed by atoms with van der Waals surface area (Å²) in [6, 6.07) is 103. The zero-order valence-electron chi connectivity index (χ0n) is 42.8. The van der Waals surface area contributed by atoms with Gasteiger partial charge < -0.3 is 0 Å². The first kappa shape index (κ1) is 44.5. The van der Waals surface area contributed by atoms with Gasteiger partial charge in [-0.05, 0) is 0 Å². The molecule has 0 aliphatic carbocycles. The fourth-order valence-corrected chi connectivity index (χ4v) is 16.8. The maximum absolute atomic E-state index is 2.69. The second-order valence-electron chi connectivity index (χ2n) is 20.8.